The minimum Gasteiger partial charge on any atom is -0.497 e. The maximum atomic E-state index is 5.44. The second kappa shape index (κ2) is 4.15. The summed E-state index contributed by atoms with van der Waals surface area (Å²) in [6.07, 6.45) is 0. The molecular formula is C12H12N4O2. The average Bonchev–Trinajstić information content (AvgIpc) is 3.03. The molecule has 6 nitrogen and oxygen atoms in total. The molecule has 0 spiro atoms. The summed E-state index contributed by atoms with van der Waals surface area (Å²) in [4.78, 5) is 7.38. The molecule has 3 aromatic rings. The molecule has 2 aromatic heterocycles. The molecule has 0 bridgehead atoms. The van der Waals surface area contributed by atoms with E-state index in [1.54, 1.807) is 7.11 Å². The van der Waals surface area contributed by atoms with Gasteiger partial charge in [-0.15, -0.1) is 0 Å². The number of nitrogens with two attached hydrogens (primary N) is 1. The summed E-state index contributed by atoms with van der Waals surface area (Å²) in [5.41, 5.74) is 7.17. The molecule has 0 saturated heterocycles. The molecular weight excluding hydrogens is 232 g/mol. The number of rotatable bonds is 3. The molecule has 92 valence electrons. The quantitative estimate of drug-likeness (QED) is 0.731. The maximum Gasteiger partial charge on any atom is 0.274 e. The topological polar surface area (TPSA) is 90.0 Å². The van der Waals surface area contributed by atoms with E-state index >= 15 is 0 Å². The second-order valence-electron chi connectivity index (χ2n) is 3.86. The van der Waals surface area contributed by atoms with Crippen LogP contribution in [-0.2, 0) is 6.54 Å². The number of methoxy groups -OCH3 is 1. The summed E-state index contributed by atoms with van der Waals surface area (Å²) < 4.78 is 10.3. The number of fused-ring (bicyclic) bond motifs is 1. The van der Waals surface area contributed by atoms with Crippen LogP contribution in [0.1, 0.15) is 5.82 Å². The van der Waals surface area contributed by atoms with Crippen LogP contribution in [0.4, 0.5) is 0 Å². The van der Waals surface area contributed by atoms with Gasteiger partial charge in [0.25, 0.3) is 5.89 Å². The summed E-state index contributed by atoms with van der Waals surface area (Å²) in [7, 11) is 1.64. The summed E-state index contributed by atoms with van der Waals surface area (Å²) in [5, 5.41) is 4.81. The first-order chi connectivity index (χ1) is 8.80. The molecule has 0 fully saturated rings. The van der Waals surface area contributed by atoms with Crippen LogP contribution in [0, 0.1) is 0 Å². The van der Waals surface area contributed by atoms with E-state index in [1.165, 1.54) is 0 Å². The number of benzene rings is 1. The van der Waals surface area contributed by atoms with Crippen molar-refractivity contribution in [1.82, 2.24) is 15.1 Å². The Morgan fingerprint density at radius 1 is 1.39 bits per heavy atom. The number of ether oxygens (including phenoxy) is 1. The monoisotopic (exact) mass is 244 g/mol. The highest BCUT2D eigenvalue weighted by Crippen LogP contribution is 2.25. The van der Waals surface area contributed by atoms with Gasteiger partial charge in [0, 0.05) is 17.0 Å². The van der Waals surface area contributed by atoms with Gasteiger partial charge in [-0.05, 0) is 18.2 Å². The zero-order valence-electron chi connectivity index (χ0n) is 9.80. The molecule has 0 radical (unpaired) electrons. The number of hydrogen-bond acceptors (Lipinski definition) is 5. The predicted molar refractivity (Wildman–Crippen MR) is 66.0 cm³/mol. The molecule has 0 aliphatic rings. The third-order valence-corrected chi connectivity index (χ3v) is 2.71. The largest absolute Gasteiger partial charge is 0.497 e. The lowest BCUT2D eigenvalue weighted by Crippen LogP contribution is -1.97. The number of nitrogens with zero attached hydrogens (tertiary/aromatic N) is 2. The fraction of sp³-hybridized carbons (Fsp3) is 0.167. The fourth-order valence-corrected chi connectivity index (χ4v) is 1.79. The first-order valence-corrected chi connectivity index (χ1v) is 5.50. The number of H-pyrrole nitrogens is 1. The van der Waals surface area contributed by atoms with Crippen LogP contribution in [0.5, 0.6) is 5.75 Å². The highest BCUT2D eigenvalue weighted by molar-refractivity contribution is 5.85. The Kier molecular flexibility index (Phi) is 2.49. The Labute approximate surface area is 103 Å². The summed E-state index contributed by atoms with van der Waals surface area (Å²) in [5.74, 6) is 1.72. The van der Waals surface area contributed by atoms with E-state index in [0.717, 1.165) is 22.3 Å². The normalized spacial score (nSPS) is 11.0. The number of nitrogens with one attached hydrogen (secondary N) is 1. The van der Waals surface area contributed by atoms with Crippen LogP contribution in [0.15, 0.2) is 28.8 Å². The molecule has 0 unspecified atom stereocenters. The van der Waals surface area contributed by atoms with E-state index in [9.17, 15) is 0 Å². The summed E-state index contributed by atoms with van der Waals surface area (Å²) in [6, 6.07) is 7.73. The minimum absolute atomic E-state index is 0.261. The standard InChI is InChI=1S/C12H12N4O2/c1-17-8-3-2-7-4-10(14-9(7)5-8)12-15-11(6-13)16-18-12/h2-5,14H,6,13H2,1H3. The van der Waals surface area contributed by atoms with Crippen LogP contribution in [-0.4, -0.2) is 22.2 Å². The van der Waals surface area contributed by atoms with E-state index < -0.39 is 0 Å². The van der Waals surface area contributed by atoms with Crippen molar-refractivity contribution in [2.45, 2.75) is 6.54 Å². The molecule has 0 aliphatic carbocycles. The van der Waals surface area contributed by atoms with Gasteiger partial charge in [0.1, 0.15) is 11.4 Å². The number of aromatic amines is 1. The predicted octanol–water partition coefficient (Wildman–Crippen LogP) is 1.69. The van der Waals surface area contributed by atoms with E-state index in [0.29, 0.717) is 11.7 Å². The smallest absolute Gasteiger partial charge is 0.274 e. The molecule has 2 heterocycles. The third-order valence-electron chi connectivity index (χ3n) is 2.71. The molecule has 6 heteroatoms. The van der Waals surface area contributed by atoms with E-state index in [-0.39, 0.29) is 6.54 Å². The molecule has 18 heavy (non-hydrogen) atoms. The Bertz CT molecular complexity index is 686. The second-order valence-corrected chi connectivity index (χ2v) is 3.86. The Morgan fingerprint density at radius 3 is 3.00 bits per heavy atom. The lowest BCUT2D eigenvalue weighted by Gasteiger charge is -1.97. The van der Waals surface area contributed by atoms with Crippen molar-refractivity contribution < 1.29 is 9.26 Å². The molecule has 0 amide bonds. The maximum absolute atomic E-state index is 5.44. The lowest BCUT2D eigenvalue weighted by molar-refractivity contribution is 0.415. The van der Waals surface area contributed by atoms with E-state index in [2.05, 4.69) is 15.1 Å². The first kappa shape index (κ1) is 10.8. The van der Waals surface area contributed by atoms with Gasteiger partial charge in [-0.3, -0.25) is 0 Å². The van der Waals surface area contributed by atoms with E-state index in [4.69, 9.17) is 15.0 Å². The fourth-order valence-electron chi connectivity index (χ4n) is 1.79. The van der Waals surface area contributed by atoms with Crippen LogP contribution >= 0.6 is 0 Å². The average molecular weight is 244 g/mol. The van der Waals surface area contributed by atoms with Crippen molar-refractivity contribution in [3.63, 3.8) is 0 Å². The van der Waals surface area contributed by atoms with Gasteiger partial charge < -0.3 is 20.0 Å². The first-order valence-electron chi connectivity index (χ1n) is 5.50. The van der Waals surface area contributed by atoms with E-state index in [1.807, 2.05) is 24.3 Å². The van der Waals surface area contributed by atoms with Crippen molar-refractivity contribution in [3.05, 3.63) is 30.1 Å². The highest BCUT2D eigenvalue weighted by atomic mass is 16.5. The Balaban J connectivity index is 2.07. The molecule has 0 atom stereocenters. The van der Waals surface area contributed by atoms with Gasteiger partial charge in [0.05, 0.1) is 13.7 Å². The SMILES string of the molecule is COc1ccc2cc(-c3nc(CN)no3)[nH]c2c1. The van der Waals surface area contributed by atoms with Crippen molar-refractivity contribution in [2.75, 3.05) is 7.11 Å². The zero-order chi connectivity index (χ0) is 12.5. The Morgan fingerprint density at radius 2 is 2.28 bits per heavy atom. The van der Waals surface area contributed by atoms with Crippen molar-refractivity contribution in [3.8, 4) is 17.3 Å². The molecule has 1 aromatic carbocycles. The third kappa shape index (κ3) is 1.72. The lowest BCUT2D eigenvalue weighted by atomic mass is 10.2. The van der Waals surface area contributed by atoms with Crippen molar-refractivity contribution in [1.29, 1.82) is 0 Å². The number of hydrogen-bond donors (Lipinski definition) is 2. The molecule has 3 rings (SSSR count). The van der Waals surface area contributed by atoms with Gasteiger partial charge in [-0.1, -0.05) is 5.16 Å². The van der Waals surface area contributed by atoms with Crippen LogP contribution in [0.3, 0.4) is 0 Å². The van der Waals surface area contributed by atoms with Gasteiger partial charge >= 0.3 is 0 Å². The van der Waals surface area contributed by atoms with Crippen LogP contribution in [0.25, 0.3) is 22.5 Å². The minimum atomic E-state index is 0.261. The summed E-state index contributed by atoms with van der Waals surface area (Å²) in [6.45, 7) is 0.261. The van der Waals surface area contributed by atoms with Crippen molar-refractivity contribution >= 4 is 10.9 Å². The van der Waals surface area contributed by atoms with Crippen LogP contribution in [0.2, 0.25) is 0 Å². The Hall–Kier alpha value is -2.34. The van der Waals surface area contributed by atoms with Gasteiger partial charge in [-0.2, -0.15) is 4.98 Å². The van der Waals surface area contributed by atoms with Crippen molar-refractivity contribution in [2.24, 2.45) is 5.73 Å². The zero-order valence-corrected chi connectivity index (χ0v) is 9.80. The van der Waals surface area contributed by atoms with Gasteiger partial charge in [0.15, 0.2) is 5.82 Å². The summed E-state index contributed by atoms with van der Waals surface area (Å²) >= 11 is 0. The molecule has 0 aliphatic heterocycles. The van der Waals surface area contributed by atoms with Gasteiger partial charge in [0.2, 0.25) is 0 Å². The van der Waals surface area contributed by atoms with Gasteiger partial charge in [-0.25, -0.2) is 0 Å². The molecule has 0 saturated carbocycles. The number of aromatic nitrogens is 3. The molecule has 3 N–H and O–H groups in total. The van der Waals surface area contributed by atoms with Crippen LogP contribution < -0.4 is 10.5 Å². The highest BCUT2D eigenvalue weighted by Gasteiger charge is 2.11.